The van der Waals surface area contributed by atoms with Gasteiger partial charge in [-0.15, -0.1) is 0 Å². The van der Waals surface area contributed by atoms with Gasteiger partial charge in [0.25, 0.3) is 5.91 Å². The van der Waals surface area contributed by atoms with Crippen molar-refractivity contribution < 1.29 is 23.8 Å². The van der Waals surface area contributed by atoms with Gasteiger partial charge < -0.3 is 24.4 Å². The Hall–Kier alpha value is -3.85. The number of nitrogens with one attached hydrogen (secondary N) is 2. The Labute approximate surface area is 216 Å². The summed E-state index contributed by atoms with van der Waals surface area (Å²) in [5, 5.41) is 6.79. The van der Waals surface area contributed by atoms with Gasteiger partial charge in [0.1, 0.15) is 11.4 Å². The average Bonchev–Trinajstić information content (AvgIpc) is 2.88. The van der Waals surface area contributed by atoms with E-state index in [1.807, 2.05) is 57.2 Å². The van der Waals surface area contributed by atoms with Gasteiger partial charge in [-0.3, -0.25) is 15.1 Å². The molecule has 5 rings (SSSR count). The maximum absolute atomic E-state index is 13.7. The molecule has 0 bridgehead atoms. The molecule has 0 spiro atoms. The van der Waals surface area contributed by atoms with Gasteiger partial charge in [0, 0.05) is 36.7 Å². The molecule has 2 amide bonds. The number of rotatable bonds is 4. The normalized spacial score (nSPS) is 17.5. The van der Waals surface area contributed by atoms with Gasteiger partial charge in [-0.1, -0.05) is 30.3 Å². The molecule has 2 aromatic carbocycles. The zero-order chi connectivity index (χ0) is 26.0. The van der Waals surface area contributed by atoms with Crippen molar-refractivity contribution in [1.29, 1.82) is 0 Å². The molecule has 194 valence electrons. The Kier molecular flexibility index (Phi) is 6.88. The van der Waals surface area contributed by atoms with Crippen LogP contribution in [0.3, 0.4) is 0 Å². The molecule has 1 saturated heterocycles. The third-order valence-corrected chi connectivity index (χ3v) is 6.34. The Morgan fingerprint density at radius 3 is 2.62 bits per heavy atom. The highest BCUT2D eigenvalue weighted by atomic mass is 16.6. The molecule has 9 nitrogen and oxygen atoms in total. The van der Waals surface area contributed by atoms with Crippen LogP contribution in [0.5, 0.6) is 5.75 Å². The standard InChI is InChI=1S/C28H32N4O5/c1-28(2,3)37-27(34)31-22-9-6-8-19-24(22)29-17-20(25(19)32-12-15-35-16-13-32)26(33)30-21-11-14-36-23-10-5-4-7-18(21)23/h4-10,17,21H,11-16H2,1-3H3,(H,30,33)(H,31,34)/t21-/m0/s1. The molecular weight excluding hydrogens is 472 g/mol. The number of hydrogen-bond donors (Lipinski definition) is 2. The van der Waals surface area contributed by atoms with Crippen LogP contribution in [0, 0.1) is 0 Å². The van der Waals surface area contributed by atoms with E-state index in [0.29, 0.717) is 56.1 Å². The molecule has 2 N–H and O–H groups in total. The van der Waals surface area contributed by atoms with Gasteiger partial charge in [-0.05, 0) is 32.9 Å². The van der Waals surface area contributed by atoms with Crippen molar-refractivity contribution in [3.05, 3.63) is 59.8 Å². The zero-order valence-electron chi connectivity index (χ0n) is 21.4. The molecule has 3 aromatic rings. The second kappa shape index (κ2) is 10.3. The SMILES string of the molecule is CC(C)(C)OC(=O)Nc1cccc2c(N3CCOCC3)c(C(=O)N[C@H]3CCOc4ccccc43)cnc12. The van der Waals surface area contributed by atoms with E-state index in [-0.39, 0.29) is 11.9 Å². The maximum atomic E-state index is 13.7. The first-order valence-corrected chi connectivity index (χ1v) is 12.6. The summed E-state index contributed by atoms with van der Waals surface area (Å²) in [7, 11) is 0. The fraction of sp³-hybridized carbons (Fsp3) is 0.393. The number of ether oxygens (including phenoxy) is 3. The molecule has 0 radical (unpaired) electrons. The van der Waals surface area contributed by atoms with Crippen molar-refractivity contribution in [2.75, 3.05) is 43.1 Å². The number of amides is 2. The summed E-state index contributed by atoms with van der Waals surface area (Å²) in [6.45, 7) is 8.38. The van der Waals surface area contributed by atoms with Crippen LogP contribution in [0.15, 0.2) is 48.7 Å². The third-order valence-electron chi connectivity index (χ3n) is 6.34. The van der Waals surface area contributed by atoms with Gasteiger partial charge in [0.2, 0.25) is 0 Å². The first-order chi connectivity index (χ1) is 17.8. The summed E-state index contributed by atoms with van der Waals surface area (Å²) in [5.41, 5.74) is 2.70. The first kappa shape index (κ1) is 24.8. The van der Waals surface area contributed by atoms with Crippen molar-refractivity contribution in [2.24, 2.45) is 0 Å². The number of para-hydroxylation sites is 2. The number of carbonyl (C=O) groups excluding carboxylic acids is 2. The number of anilines is 2. The lowest BCUT2D eigenvalue weighted by atomic mass is 9.99. The molecular formula is C28H32N4O5. The predicted octanol–water partition coefficient (Wildman–Crippen LogP) is 4.67. The van der Waals surface area contributed by atoms with Gasteiger partial charge in [-0.25, -0.2) is 4.79 Å². The minimum atomic E-state index is -0.630. The highest BCUT2D eigenvalue weighted by molar-refractivity contribution is 6.10. The van der Waals surface area contributed by atoms with Crippen LogP contribution < -0.4 is 20.3 Å². The van der Waals surface area contributed by atoms with Crippen LogP contribution in [-0.2, 0) is 9.47 Å². The first-order valence-electron chi connectivity index (χ1n) is 12.6. The van der Waals surface area contributed by atoms with Crippen LogP contribution in [0.4, 0.5) is 16.2 Å². The van der Waals surface area contributed by atoms with E-state index in [2.05, 4.69) is 20.5 Å². The summed E-state index contributed by atoms with van der Waals surface area (Å²) < 4.78 is 16.8. The Bertz CT molecular complexity index is 1310. The summed E-state index contributed by atoms with van der Waals surface area (Å²) in [4.78, 5) is 33.0. The number of aromatic nitrogens is 1. The highest BCUT2D eigenvalue weighted by Crippen LogP contribution is 2.36. The lowest BCUT2D eigenvalue weighted by molar-refractivity contribution is 0.0635. The molecule has 2 aliphatic heterocycles. The van der Waals surface area contributed by atoms with Crippen molar-refractivity contribution in [3.8, 4) is 5.75 Å². The van der Waals surface area contributed by atoms with Gasteiger partial charge >= 0.3 is 6.09 Å². The zero-order valence-corrected chi connectivity index (χ0v) is 21.4. The van der Waals surface area contributed by atoms with Crippen molar-refractivity contribution >= 4 is 34.3 Å². The molecule has 9 heteroatoms. The Morgan fingerprint density at radius 1 is 1.05 bits per heavy atom. The lowest BCUT2D eigenvalue weighted by Gasteiger charge is -2.32. The van der Waals surface area contributed by atoms with E-state index in [9.17, 15) is 9.59 Å². The van der Waals surface area contributed by atoms with E-state index in [4.69, 9.17) is 14.2 Å². The summed E-state index contributed by atoms with van der Waals surface area (Å²) in [6, 6.07) is 13.2. The summed E-state index contributed by atoms with van der Waals surface area (Å²) >= 11 is 0. The van der Waals surface area contributed by atoms with Crippen LogP contribution in [0.2, 0.25) is 0 Å². The number of hydrogen-bond acceptors (Lipinski definition) is 7. The molecule has 0 aliphatic carbocycles. The number of morpholine rings is 1. The Morgan fingerprint density at radius 2 is 1.84 bits per heavy atom. The quantitative estimate of drug-likeness (QED) is 0.532. The highest BCUT2D eigenvalue weighted by Gasteiger charge is 2.28. The second-order valence-corrected chi connectivity index (χ2v) is 10.1. The van der Waals surface area contributed by atoms with Crippen LogP contribution in [0.1, 0.15) is 49.2 Å². The van der Waals surface area contributed by atoms with Crippen molar-refractivity contribution in [2.45, 2.75) is 38.8 Å². The summed E-state index contributed by atoms with van der Waals surface area (Å²) in [5.74, 6) is 0.588. The van der Waals surface area contributed by atoms with E-state index in [0.717, 1.165) is 22.4 Å². The number of carbonyl (C=O) groups is 2. The number of fused-ring (bicyclic) bond motifs is 2. The largest absolute Gasteiger partial charge is 0.493 e. The molecule has 1 fully saturated rings. The fourth-order valence-electron chi connectivity index (χ4n) is 4.75. The van der Waals surface area contributed by atoms with Crippen LogP contribution in [0.25, 0.3) is 10.9 Å². The smallest absolute Gasteiger partial charge is 0.412 e. The average molecular weight is 505 g/mol. The molecule has 2 aliphatic rings. The maximum Gasteiger partial charge on any atom is 0.412 e. The van der Waals surface area contributed by atoms with Crippen molar-refractivity contribution in [3.63, 3.8) is 0 Å². The molecule has 0 saturated carbocycles. The molecule has 3 heterocycles. The minimum absolute atomic E-state index is 0.161. The lowest BCUT2D eigenvalue weighted by Crippen LogP contribution is -2.39. The van der Waals surface area contributed by atoms with Gasteiger partial charge in [0.15, 0.2) is 0 Å². The van der Waals surface area contributed by atoms with Crippen LogP contribution >= 0.6 is 0 Å². The Balaban J connectivity index is 1.52. The molecule has 1 atom stereocenters. The van der Waals surface area contributed by atoms with E-state index < -0.39 is 11.7 Å². The monoisotopic (exact) mass is 504 g/mol. The van der Waals surface area contributed by atoms with Gasteiger partial charge in [-0.2, -0.15) is 0 Å². The van der Waals surface area contributed by atoms with Crippen LogP contribution in [-0.4, -0.2) is 55.5 Å². The van der Waals surface area contributed by atoms with E-state index in [1.54, 1.807) is 12.3 Å². The van der Waals surface area contributed by atoms with Gasteiger partial charge in [0.05, 0.1) is 48.3 Å². The van der Waals surface area contributed by atoms with E-state index >= 15 is 0 Å². The molecule has 0 unspecified atom stereocenters. The number of benzene rings is 2. The third kappa shape index (κ3) is 5.46. The second-order valence-electron chi connectivity index (χ2n) is 10.1. The number of pyridine rings is 1. The minimum Gasteiger partial charge on any atom is -0.493 e. The number of nitrogens with zero attached hydrogens (tertiary/aromatic N) is 2. The topological polar surface area (TPSA) is 102 Å². The predicted molar refractivity (Wildman–Crippen MR) is 141 cm³/mol. The molecule has 1 aromatic heterocycles. The summed E-state index contributed by atoms with van der Waals surface area (Å²) in [6.07, 6.45) is 1.71. The molecule has 37 heavy (non-hydrogen) atoms. The fourth-order valence-corrected chi connectivity index (χ4v) is 4.75. The van der Waals surface area contributed by atoms with Crippen molar-refractivity contribution in [1.82, 2.24) is 10.3 Å². The van der Waals surface area contributed by atoms with E-state index in [1.165, 1.54) is 0 Å².